The Kier molecular flexibility index (Phi) is 10.6. The molecule has 0 saturated carbocycles. The Labute approximate surface area is 209 Å². The number of nitrogens with zero attached hydrogens (tertiary/aromatic N) is 2. The van der Waals surface area contributed by atoms with E-state index in [0.29, 0.717) is 17.8 Å². The summed E-state index contributed by atoms with van der Waals surface area (Å²) in [6.45, 7) is 7.19. The molecule has 3 amide bonds. The van der Waals surface area contributed by atoms with Crippen molar-refractivity contribution in [3.05, 3.63) is 36.4 Å². The zero-order chi connectivity index (χ0) is 26.8. The summed E-state index contributed by atoms with van der Waals surface area (Å²) in [6.07, 6.45) is 6.43. The quantitative estimate of drug-likeness (QED) is 0.178. The molecule has 2 aromatic rings. The highest BCUT2D eigenvalue weighted by Crippen LogP contribution is 2.08. The van der Waals surface area contributed by atoms with E-state index in [1.165, 1.54) is 25.0 Å². The normalized spacial score (nSPS) is 14.6. The Morgan fingerprint density at radius 1 is 0.861 bits per heavy atom. The molecule has 2 rings (SSSR count). The summed E-state index contributed by atoms with van der Waals surface area (Å²) in [5.74, 6) is -3.20. The van der Waals surface area contributed by atoms with E-state index in [1.807, 2.05) is 13.8 Å². The van der Waals surface area contributed by atoms with Crippen LogP contribution >= 0.6 is 0 Å². The van der Waals surface area contributed by atoms with E-state index in [1.54, 1.807) is 13.8 Å². The Balaban J connectivity index is 2.23. The maximum atomic E-state index is 13.3. The number of carbonyl (C=O) groups excluding carboxylic acids is 3. The van der Waals surface area contributed by atoms with E-state index in [4.69, 9.17) is 5.73 Å². The number of nitrogens with one attached hydrogen (secondary N) is 5. The van der Waals surface area contributed by atoms with E-state index < -0.39 is 47.9 Å². The number of hydrogen-bond donors (Lipinski definition) is 7. The number of nitrogens with two attached hydrogens (primary N) is 1. The number of H-pyrrole nitrogens is 2. The number of amides is 3. The Morgan fingerprint density at radius 2 is 1.33 bits per heavy atom. The zero-order valence-corrected chi connectivity index (χ0v) is 20.9. The summed E-state index contributed by atoms with van der Waals surface area (Å²) < 4.78 is 0. The molecule has 13 heteroatoms. The van der Waals surface area contributed by atoms with Gasteiger partial charge >= 0.3 is 5.97 Å². The van der Waals surface area contributed by atoms with Crippen LogP contribution in [-0.4, -0.2) is 72.9 Å². The highest BCUT2D eigenvalue weighted by Gasteiger charge is 2.32. The molecule has 36 heavy (non-hydrogen) atoms. The number of aromatic nitrogens is 4. The first kappa shape index (κ1) is 28.5. The highest BCUT2D eigenvalue weighted by atomic mass is 16.4. The molecule has 0 aliphatic heterocycles. The molecule has 0 bridgehead atoms. The van der Waals surface area contributed by atoms with E-state index in [2.05, 4.69) is 35.9 Å². The largest absolute Gasteiger partial charge is 0.480 e. The Bertz CT molecular complexity index is 990. The van der Waals surface area contributed by atoms with Crippen molar-refractivity contribution in [2.45, 2.75) is 71.1 Å². The lowest BCUT2D eigenvalue weighted by Crippen LogP contribution is -2.58. The van der Waals surface area contributed by atoms with Crippen LogP contribution in [0.2, 0.25) is 0 Å². The standard InChI is InChI=1S/C23H36N8O5/c1-12(2)5-16(24)20(32)29-17(6-14-8-25-10-27-14)21(33)30-18(7-15-9-26-11-28-15)22(34)31-19(13(3)4)23(35)36/h8-13,16-19H,5-7,24H2,1-4H3,(H,25,27)(H,26,28)(H,29,32)(H,30,33)(H,31,34)(H,35,36). The van der Waals surface area contributed by atoms with Gasteiger partial charge in [-0.25, -0.2) is 14.8 Å². The van der Waals surface area contributed by atoms with Crippen LogP contribution < -0.4 is 21.7 Å². The van der Waals surface area contributed by atoms with Crippen molar-refractivity contribution in [1.82, 2.24) is 35.9 Å². The summed E-state index contributed by atoms with van der Waals surface area (Å²) in [6, 6.07) is -4.15. The molecule has 198 valence electrons. The molecule has 13 nitrogen and oxygen atoms in total. The average Bonchev–Trinajstić information content (AvgIpc) is 3.49. The second-order valence-corrected chi connectivity index (χ2v) is 9.49. The first-order valence-electron chi connectivity index (χ1n) is 11.8. The number of carboxylic acid groups (broad SMARTS) is 1. The Hall–Kier alpha value is -3.74. The van der Waals surface area contributed by atoms with Crippen LogP contribution in [0.5, 0.6) is 0 Å². The van der Waals surface area contributed by atoms with Gasteiger partial charge in [-0.15, -0.1) is 0 Å². The number of imidazole rings is 2. The van der Waals surface area contributed by atoms with Crippen LogP contribution in [0.3, 0.4) is 0 Å². The molecule has 0 aliphatic rings. The molecule has 2 heterocycles. The van der Waals surface area contributed by atoms with Crippen molar-refractivity contribution in [1.29, 1.82) is 0 Å². The predicted molar refractivity (Wildman–Crippen MR) is 130 cm³/mol. The predicted octanol–water partition coefficient (Wildman–Crippen LogP) is -0.514. The number of aliphatic carboxylic acids is 1. The highest BCUT2D eigenvalue weighted by molar-refractivity contribution is 5.94. The maximum Gasteiger partial charge on any atom is 0.326 e. The van der Waals surface area contributed by atoms with E-state index in [0.717, 1.165) is 0 Å². The molecule has 0 radical (unpaired) electrons. The summed E-state index contributed by atoms with van der Waals surface area (Å²) in [4.78, 5) is 64.3. The minimum absolute atomic E-state index is 0.0274. The molecule has 4 atom stereocenters. The van der Waals surface area contributed by atoms with Gasteiger partial charge in [0, 0.05) is 36.6 Å². The third-order valence-corrected chi connectivity index (χ3v) is 5.52. The molecule has 0 aromatic carbocycles. The first-order chi connectivity index (χ1) is 17.0. The average molecular weight is 505 g/mol. The van der Waals surface area contributed by atoms with Crippen LogP contribution in [-0.2, 0) is 32.0 Å². The molecule has 0 aliphatic carbocycles. The van der Waals surface area contributed by atoms with Crippen LogP contribution in [0.25, 0.3) is 0 Å². The second kappa shape index (κ2) is 13.4. The zero-order valence-electron chi connectivity index (χ0n) is 20.9. The Morgan fingerprint density at radius 3 is 1.72 bits per heavy atom. The topological polar surface area (TPSA) is 208 Å². The fourth-order valence-electron chi connectivity index (χ4n) is 3.58. The van der Waals surface area contributed by atoms with E-state index in [9.17, 15) is 24.3 Å². The molecule has 0 fully saturated rings. The van der Waals surface area contributed by atoms with Gasteiger partial charge in [0.1, 0.15) is 18.1 Å². The van der Waals surface area contributed by atoms with Crippen LogP contribution in [0, 0.1) is 11.8 Å². The monoisotopic (exact) mass is 504 g/mol. The van der Waals surface area contributed by atoms with Crippen molar-refractivity contribution in [2.75, 3.05) is 0 Å². The van der Waals surface area contributed by atoms with Crippen molar-refractivity contribution >= 4 is 23.7 Å². The van der Waals surface area contributed by atoms with Gasteiger partial charge in [0.2, 0.25) is 17.7 Å². The van der Waals surface area contributed by atoms with Crippen molar-refractivity contribution in [3.63, 3.8) is 0 Å². The second-order valence-electron chi connectivity index (χ2n) is 9.49. The van der Waals surface area contributed by atoms with Gasteiger partial charge in [0.15, 0.2) is 0 Å². The molecular formula is C23H36N8O5. The molecular weight excluding hydrogens is 468 g/mol. The number of aromatic amines is 2. The molecule has 0 spiro atoms. The van der Waals surface area contributed by atoms with Gasteiger partial charge < -0.3 is 36.8 Å². The van der Waals surface area contributed by atoms with Gasteiger partial charge in [0.05, 0.1) is 18.7 Å². The molecule has 4 unspecified atom stereocenters. The van der Waals surface area contributed by atoms with Crippen molar-refractivity contribution in [3.8, 4) is 0 Å². The fourth-order valence-corrected chi connectivity index (χ4v) is 3.58. The van der Waals surface area contributed by atoms with E-state index >= 15 is 0 Å². The van der Waals surface area contributed by atoms with Crippen LogP contribution in [0.4, 0.5) is 0 Å². The van der Waals surface area contributed by atoms with Gasteiger partial charge in [-0.2, -0.15) is 0 Å². The lowest BCUT2D eigenvalue weighted by molar-refractivity contribution is -0.143. The van der Waals surface area contributed by atoms with Crippen molar-refractivity contribution < 1.29 is 24.3 Å². The lowest BCUT2D eigenvalue weighted by Gasteiger charge is -2.26. The van der Waals surface area contributed by atoms with Gasteiger partial charge in [-0.3, -0.25) is 14.4 Å². The summed E-state index contributed by atoms with van der Waals surface area (Å²) in [5, 5.41) is 17.3. The maximum absolute atomic E-state index is 13.3. The van der Waals surface area contributed by atoms with Gasteiger partial charge in [-0.1, -0.05) is 27.7 Å². The van der Waals surface area contributed by atoms with E-state index in [-0.39, 0.29) is 24.7 Å². The molecule has 2 aromatic heterocycles. The third kappa shape index (κ3) is 8.80. The third-order valence-electron chi connectivity index (χ3n) is 5.52. The van der Waals surface area contributed by atoms with Gasteiger partial charge in [-0.05, 0) is 18.3 Å². The first-order valence-corrected chi connectivity index (χ1v) is 11.8. The number of rotatable bonds is 14. The number of carboxylic acids is 1. The SMILES string of the molecule is CC(C)CC(N)C(=O)NC(Cc1cnc[nH]1)C(=O)NC(Cc1cnc[nH]1)C(=O)NC(C(=O)O)C(C)C. The molecule has 8 N–H and O–H groups in total. The fraction of sp³-hybridized carbons (Fsp3) is 0.565. The summed E-state index contributed by atoms with van der Waals surface area (Å²) in [5.41, 5.74) is 7.14. The van der Waals surface area contributed by atoms with Crippen LogP contribution in [0.15, 0.2) is 25.0 Å². The number of hydrogen-bond acceptors (Lipinski definition) is 7. The van der Waals surface area contributed by atoms with Gasteiger partial charge in [0.25, 0.3) is 0 Å². The molecule has 0 saturated heterocycles. The summed E-state index contributed by atoms with van der Waals surface area (Å²) in [7, 11) is 0. The minimum Gasteiger partial charge on any atom is -0.480 e. The smallest absolute Gasteiger partial charge is 0.326 e. The summed E-state index contributed by atoms with van der Waals surface area (Å²) >= 11 is 0. The number of carbonyl (C=O) groups is 4. The van der Waals surface area contributed by atoms with Crippen LogP contribution in [0.1, 0.15) is 45.5 Å². The van der Waals surface area contributed by atoms with Crippen molar-refractivity contribution in [2.24, 2.45) is 17.6 Å². The minimum atomic E-state index is -1.19. The lowest BCUT2D eigenvalue weighted by atomic mass is 10.0.